The van der Waals surface area contributed by atoms with Crippen LogP contribution in [0.3, 0.4) is 0 Å². The van der Waals surface area contributed by atoms with E-state index in [0.717, 1.165) is 41.8 Å². The van der Waals surface area contributed by atoms with Crippen molar-refractivity contribution in [3.8, 4) is 5.75 Å². The Bertz CT molecular complexity index is 1920. The molecule has 7 rings (SSSR count). The second-order valence-corrected chi connectivity index (χ2v) is 19.9. The molecule has 3 aromatic rings. The van der Waals surface area contributed by atoms with E-state index in [0.29, 0.717) is 49.5 Å². The number of aliphatic hydroxyl groups excluding tert-OH is 2. The molecule has 0 bridgehead atoms. The lowest BCUT2D eigenvalue weighted by Gasteiger charge is -2.35. The van der Waals surface area contributed by atoms with Crippen molar-refractivity contribution in [2.45, 2.75) is 101 Å². The molecule has 1 unspecified atom stereocenters. The summed E-state index contributed by atoms with van der Waals surface area (Å²) < 4.78 is 28.9. The molecule has 0 saturated carbocycles. The van der Waals surface area contributed by atoms with Crippen LogP contribution in [0.1, 0.15) is 62.6 Å². The number of benzene rings is 3. The van der Waals surface area contributed by atoms with Crippen molar-refractivity contribution < 1.29 is 38.2 Å². The largest absolute Gasteiger partial charge is 0.494 e. The number of para-hydroxylation sites is 1. The van der Waals surface area contributed by atoms with Gasteiger partial charge in [-0.3, -0.25) is 19.3 Å². The van der Waals surface area contributed by atoms with E-state index in [1.807, 2.05) is 80.6 Å². The topological polar surface area (TPSA) is 132 Å². The SMILES string of the molecule is CCOc1ccc2c(c1)CC(NCCCCO)C(=O)N2c1ccc(CN2C(=O)[C@@]3(O[C@@H](CC(=O)N4CCC[C@H]4CO)[C@H]([Si](C)(C)F)[C@H]3C)c3ccccc32)cc1. The molecular weight excluding hydrogens is 732 g/mol. The second kappa shape index (κ2) is 16.4. The first-order valence-electron chi connectivity index (χ1n) is 20.1. The predicted octanol–water partition coefficient (Wildman–Crippen LogP) is 5.73. The number of rotatable bonds is 14. The van der Waals surface area contributed by atoms with Gasteiger partial charge in [-0.1, -0.05) is 37.3 Å². The zero-order chi connectivity index (χ0) is 39.8. The van der Waals surface area contributed by atoms with Crippen molar-refractivity contribution >= 4 is 43.2 Å². The van der Waals surface area contributed by atoms with E-state index in [4.69, 9.17) is 9.47 Å². The summed E-state index contributed by atoms with van der Waals surface area (Å²) in [5.41, 5.74) is 2.61. The van der Waals surface area contributed by atoms with E-state index >= 15 is 4.11 Å². The quantitative estimate of drug-likeness (QED) is 0.107. The standard InChI is InChI=1S/C43H55FN4O7Si/c1-5-54-33-18-19-36-30(23-33)24-35(45-20-8-9-22-49)41(52)48(36)31-16-14-29(15-17-31)26-47-37-13-7-6-12-34(37)43(42(47)53)28(2)40(56(3,4)44)38(55-43)25-39(51)46-21-10-11-32(46)27-50/h6-7,12-19,23,28,32,35,38,40,45,49-50H,5,8-11,20-22,24-27H2,1-4H3/t28-,32+,35?,38+,40-,43+/m1/s1. The van der Waals surface area contributed by atoms with Crippen LogP contribution in [-0.4, -0.2) is 92.3 Å². The number of fused-ring (bicyclic) bond motifs is 3. The molecule has 0 aromatic heterocycles. The van der Waals surface area contributed by atoms with Gasteiger partial charge in [-0.15, -0.1) is 0 Å². The molecule has 56 heavy (non-hydrogen) atoms. The molecule has 0 aliphatic carbocycles. The maximum atomic E-state index is 16.4. The second-order valence-electron chi connectivity index (χ2n) is 16.2. The maximum Gasteiger partial charge on any atom is 0.264 e. The number of hydrogen-bond donors (Lipinski definition) is 3. The minimum atomic E-state index is -3.47. The van der Waals surface area contributed by atoms with Crippen LogP contribution in [0.15, 0.2) is 66.7 Å². The summed E-state index contributed by atoms with van der Waals surface area (Å²) in [4.78, 5) is 47.7. The van der Waals surface area contributed by atoms with Crippen LogP contribution in [-0.2, 0) is 37.7 Å². The van der Waals surface area contributed by atoms with Gasteiger partial charge in [0, 0.05) is 35.9 Å². The number of halogens is 1. The number of unbranched alkanes of at least 4 members (excludes halogenated alkanes) is 1. The molecule has 3 N–H and O–H groups in total. The number of aliphatic hydroxyl groups is 2. The fourth-order valence-electron chi connectivity index (χ4n) is 9.66. The summed E-state index contributed by atoms with van der Waals surface area (Å²) in [5, 5.41) is 22.5. The van der Waals surface area contributed by atoms with Gasteiger partial charge < -0.3 is 38.9 Å². The third kappa shape index (κ3) is 7.28. The van der Waals surface area contributed by atoms with Crippen LogP contribution in [0.2, 0.25) is 18.6 Å². The average Bonchev–Trinajstić information content (AvgIpc) is 3.84. The Hall–Kier alpha value is -4.14. The van der Waals surface area contributed by atoms with Gasteiger partial charge in [0.25, 0.3) is 5.91 Å². The Labute approximate surface area is 329 Å². The lowest BCUT2D eigenvalue weighted by atomic mass is 9.82. The van der Waals surface area contributed by atoms with E-state index in [1.54, 1.807) is 27.8 Å². The van der Waals surface area contributed by atoms with Gasteiger partial charge in [-0.25, -0.2) is 0 Å². The first-order valence-corrected chi connectivity index (χ1v) is 23.1. The third-order valence-corrected chi connectivity index (χ3v) is 14.7. The van der Waals surface area contributed by atoms with Gasteiger partial charge in [-0.05, 0) is 106 Å². The van der Waals surface area contributed by atoms with Crippen LogP contribution in [0, 0.1) is 5.92 Å². The number of likely N-dealkylation sites (tertiary alicyclic amines) is 1. The van der Waals surface area contributed by atoms with E-state index in [2.05, 4.69) is 5.32 Å². The van der Waals surface area contributed by atoms with Gasteiger partial charge >= 0.3 is 0 Å². The Morgan fingerprint density at radius 3 is 2.54 bits per heavy atom. The Morgan fingerprint density at radius 1 is 1.05 bits per heavy atom. The fraction of sp³-hybridized carbons (Fsp3) is 0.512. The lowest BCUT2D eigenvalue weighted by Crippen LogP contribution is -2.49. The minimum Gasteiger partial charge on any atom is -0.494 e. The van der Waals surface area contributed by atoms with Gasteiger partial charge in [-0.2, -0.15) is 0 Å². The molecule has 0 radical (unpaired) electrons. The number of nitrogens with one attached hydrogen (secondary N) is 1. The highest BCUT2D eigenvalue weighted by Crippen LogP contribution is 2.60. The number of hydrogen-bond acceptors (Lipinski definition) is 8. The highest BCUT2D eigenvalue weighted by Gasteiger charge is 2.67. The van der Waals surface area contributed by atoms with E-state index in [9.17, 15) is 24.6 Å². The fourth-order valence-corrected chi connectivity index (χ4v) is 12.1. The number of anilines is 3. The minimum absolute atomic E-state index is 0.0468. The Kier molecular flexibility index (Phi) is 11.7. The molecule has 4 heterocycles. The average molecular weight is 787 g/mol. The van der Waals surface area contributed by atoms with Crippen LogP contribution in [0.4, 0.5) is 21.2 Å². The van der Waals surface area contributed by atoms with Gasteiger partial charge in [0.15, 0.2) is 5.60 Å². The van der Waals surface area contributed by atoms with Crippen LogP contribution < -0.4 is 19.9 Å². The Morgan fingerprint density at radius 2 is 1.82 bits per heavy atom. The number of ether oxygens (including phenoxy) is 2. The maximum absolute atomic E-state index is 16.4. The monoisotopic (exact) mass is 786 g/mol. The first kappa shape index (κ1) is 40.1. The molecule has 6 atom stereocenters. The zero-order valence-electron chi connectivity index (χ0n) is 32.9. The first-order chi connectivity index (χ1) is 26.9. The van der Waals surface area contributed by atoms with E-state index < -0.39 is 37.6 Å². The molecule has 1 spiro atoms. The molecular formula is C43H55FN4O7Si. The number of carbonyl (C=O) groups is 3. The smallest absolute Gasteiger partial charge is 0.264 e. The lowest BCUT2D eigenvalue weighted by molar-refractivity contribution is -0.150. The summed E-state index contributed by atoms with van der Waals surface area (Å²) in [7, 11) is -3.47. The van der Waals surface area contributed by atoms with Gasteiger partial charge in [0.2, 0.25) is 20.2 Å². The molecule has 2 fully saturated rings. The number of nitrogens with zero attached hydrogens (tertiary/aromatic N) is 3. The van der Waals surface area contributed by atoms with Crippen molar-refractivity contribution in [1.29, 1.82) is 0 Å². The van der Waals surface area contributed by atoms with Crippen molar-refractivity contribution in [2.75, 3.05) is 42.7 Å². The van der Waals surface area contributed by atoms with Crippen LogP contribution in [0.25, 0.3) is 0 Å². The number of carbonyl (C=O) groups excluding carboxylic acids is 3. The normalized spacial score (nSPS) is 26.0. The predicted molar refractivity (Wildman–Crippen MR) is 215 cm³/mol. The van der Waals surface area contributed by atoms with Crippen LogP contribution >= 0.6 is 0 Å². The third-order valence-electron chi connectivity index (χ3n) is 12.2. The molecule has 300 valence electrons. The molecule has 4 aliphatic rings. The summed E-state index contributed by atoms with van der Waals surface area (Å²) in [6.45, 7) is 8.97. The Balaban J connectivity index is 1.15. The van der Waals surface area contributed by atoms with Crippen molar-refractivity contribution in [1.82, 2.24) is 10.2 Å². The van der Waals surface area contributed by atoms with Crippen LogP contribution in [0.5, 0.6) is 5.75 Å². The highest BCUT2D eigenvalue weighted by atomic mass is 28.4. The summed E-state index contributed by atoms with van der Waals surface area (Å²) in [5.74, 6) is -0.313. The number of amides is 3. The van der Waals surface area contributed by atoms with E-state index in [1.165, 1.54) is 0 Å². The molecule has 3 amide bonds. The van der Waals surface area contributed by atoms with Crippen molar-refractivity contribution in [3.05, 3.63) is 83.4 Å². The highest BCUT2D eigenvalue weighted by molar-refractivity contribution is 6.72. The molecule has 2 saturated heterocycles. The summed E-state index contributed by atoms with van der Waals surface area (Å²) in [6.07, 6.45) is 2.61. The van der Waals surface area contributed by atoms with Crippen molar-refractivity contribution in [2.24, 2.45) is 5.92 Å². The summed E-state index contributed by atoms with van der Waals surface area (Å²) in [6, 6.07) is 20.2. The van der Waals surface area contributed by atoms with Gasteiger partial charge in [0.05, 0.1) is 55.7 Å². The van der Waals surface area contributed by atoms with Crippen molar-refractivity contribution in [3.63, 3.8) is 0 Å². The zero-order valence-corrected chi connectivity index (χ0v) is 33.9. The van der Waals surface area contributed by atoms with E-state index in [-0.39, 0.29) is 49.9 Å². The molecule has 4 aliphatic heterocycles. The van der Waals surface area contributed by atoms with Gasteiger partial charge in [0.1, 0.15) is 5.75 Å². The molecule has 11 nitrogen and oxygen atoms in total. The summed E-state index contributed by atoms with van der Waals surface area (Å²) >= 11 is 0. The molecule has 3 aromatic carbocycles. The molecule has 13 heteroatoms.